The first-order chi connectivity index (χ1) is 14.7. The van der Waals surface area contributed by atoms with E-state index in [0.29, 0.717) is 6.61 Å². The standard InChI is InChI=1S/C23H26N4O2S/c1-2-29-22(28)19-9-6-12-27(16-19)15-17-10-11-24-21(13-17)26-23-25-14-20(30-23)18-7-4-3-5-8-18/h3-5,7-8,10-11,13-14,19H,2,6,9,12,15-16H2,1H3,(H,24,25,26). The number of nitrogens with one attached hydrogen (secondary N) is 1. The van der Waals surface area contributed by atoms with E-state index >= 15 is 0 Å². The Kier molecular flexibility index (Phi) is 6.71. The maximum Gasteiger partial charge on any atom is 0.310 e. The van der Waals surface area contributed by atoms with Crippen molar-refractivity contribution in [3.05, 3.63) is 60.4 Å². The number of anilines is 2. The van der Waals surface area contributed by atoms with E-state index in [4.69, 9.17) is 4.74 Å². The lowest BCUT2D eigenvalue weighted by Gasteiger charge is -2.31. The molecule has 1 fully saturated rings. The number of carbonyl (C=O) groups is 1. The highest BCUT2D eigenvalue weighted by Gasteiger charge is 2.26. The molecule has 0 bridgehead atoms. The summed E-state index contributed by atoms with van der Waals surface area (Å²) in [5.74, 6) is 0.683. The average Bonchev–Trinajstić information content (AvgIpc) is 3.23. The Bertz CT molecular complexity index is 976. The minimum Gasteiger partial charge on any atom is -0.466 e. The van der Waals surface area contributed by atoms with E-state index in [1.54, 1.807) is 11.3 Å². The minimum atomic E-state index is -0.0720. The number of nitrogens with zero attached hydrogens (tertiary/aromatic N) is 3. The highest BCUT2D eigenvalue weighted by atomic mass is 32.1. The fraction of sp³-hybridized carbons (Fsp3) is 0.348. The lowest BCUT2D eigenvalue weighted by Crippen LogP contribution is -2.38. The topological polar surface area (TPSA) is 67.3 Å². The Labute approximate surface area is 180 Å². The molecule has 1 aromatic carbocycles. The number of hydrogen-bond acceptors (Lipinski definition) is 7. The number of esters is 1. The number of carbonyl (C=O) groups excluding carboxylic acids is 1. The molecule has 6 nitrogen and oxygen atoms in total. The molecule has 0 saturated carbocycles. The monoisotopic (exact) mass is 422 g/mol. The van der Waals surface area contributed by atoms with Crippen molar-refractivity contribution in [3.8, 4) is 10.4 Å². The van der Waals surface area contributed by atoms with Gasteiger partial charge >= 0.3 is 5.97 Å². The van der Waals surface area contributed by atoms with Crippen molar-refractivity contribution < 1.29 is 9.53 Å². The maximum atomic E-state index is 12.1. The molecule has 1 N–H and O–H groups in total. The fourth-order valence-corrected chi connectivity index (χ4v) is 4.56. The summed E-state index contributed by atoms with van der Waals surface area (Å²) in [6.07, 6.45) is 5.62. The molecule has 1 aliphatic heterocycles. The summed E-state index contributed by atoms with van der Waals surface area (Å²) in [6.45, 7) is 4.83. The molecule has 3 heterocycles. The van der Waals surface area contributed by atoms with E-state index in [2.05, 4.69) is 38.4 Å². The molecular formula is C23H26N4O2S. The van der Waals surface area contributed by atoms with Gasteiger partial charge < -0.3 is 10.1 Å². The largest absolute Gasteiger partial charge is 0.466 e. The van der Waals surface area contributed by atoms with Crippen LogP contribution < -0.4 is 5.32 Å². The van der Waals surface area contributed by atoms with Gasteiger partial charge in [0.05, 0.1) is 17.4 Å². The summed E-state index contributed by atoms with van der Waals surface area (Å²) < 4.78 is 5.21. The van der Waals surface area contributed by atoms with E-state index in [-0.39, 0.29) is 11.9 Å². The van der Waals surface area contributed by atoms with Gasteiger partial charge in [-0.3, -0.25) is 9.69 Å². The van der Waals surface area contributed by atoms with Crippen LogP contribution in [-0.4, -0.2) is 40.5 Å². The number of thiazole rings is 1. The zero-order chi connectivity index (χ0) is 20.8. The van der Waals surface area contributed by atoms with Crippen LogP contribution in [0.15, 0.2) is 54.9 Å². The SMILES string of the molecule is CCOC(=O)C1CCCN(Cc2ccnc(Nc3ncc(-c4ccccc4)s3)c2)C1. The molecule has 1 aliphatic rings. The van der Waals surface area contributed by atoms with Crippen molar-refractivity contribution in [3.63, 3.8) is 0 Å². The number of ether oxygens (including phenoxy) is 1. The molecular weight excluding hydrogens is 396 g/mol. The molecule has 0 spiro atoms. The highest BCUT2D eigenvalue weighted by molar-refractivity contribution is 7.18. The van der Waals surface area contributed by atoms with Crippen molar-refractivity contribution in [2.75, 3.05) is 25.0 Å². The number of benzene rings is 1. The van der Waals surface area contributed by atoms with Crippen LogP contribution in [0.3, 0.4) is 0 Å². The van der Waals surface area contributed by atoms with Crippen LogP contribution >= 0.6 is 11.3 Å². The number of pyridine rings is 1. The van der Waals surface area contributed by atoms with E-state index < -0.39 is 0 Å². The predicted octanol–water partition coefficient (Wildman–Crippen LogP) is 4.72. The van der Waals surface area contributed by atoms with Gasteiger partial charge in [0.1, 0.15) is 5.82 Å². The van der Waals surface area contributed by atoms with Gasteiger partial charge in [-0.25, -0.2) is 9.97 Å². The third kappa shape index (κ3) is 5.23. The van der Waals surface area contributed by atoms with Gasteiger partial charge in [0.2, 0.25) is 0 Å². The first-order valence-corrected chi connectivity index (χ1v) is 11.1. The van der Waals surface area contributed by atoms with Crippen molar-refractivity contribution in [2.24, 2.45) is 5.92 Å². The van der Waals surface area contributed by atoms with Crippen LogP contribution in [-0.2, 0) is 16.1 Å². The zero-order valence-corrected chi connectivity index (χ0v) is 17.9. The van der Waals surface area contributed by atoms with Gasteiger partial charge in [0.15, 0.2) is 5.13 Å². The quantitative estimate of drug-likeness (QED) is 0.556. The third-order valence-corrected chi connectivity index (χ3v) is 6.12. The normalized spacial score (nSPS) is 16.9. The maximum absolute atomic E-state index is 12.1. The van der Waals surface area contributed by atoms with E-state index in [1.807, 2.05) is 43.6 Å². The molecule has 2 aromatic heterocycles. The van der Waals surface area contributed by atoms with Crippen LogP contribution in [0, 0.1) is 5.92 Å². The van der Waals surface area contributed by atoms with Gasteiger partial charge in [-0.2, -0.15) is 0 Å². The van der Waals surface area contributed by atoms with Crippen molar-refractivity contribution in [1.82, 2.24) is 14.9 Å². The smallest absolute Gasteiger partial charge is 0.310 e. The Balaban J connectivity index is 1.38. The van der Waals surface area contributed by atoms with Crippen LogP contribution in [0.25, 0.3) is 10.4 Å². The summed E-state index contributed by atoms with van der Waals surface area (Å²) in [7, 11) is 0. The summed E-state index contributed by atoms with van der Waals surface area (Å²) in [6, 6.07) is 14.3. The van der Waals surface area contributed by atoms with Gasteiger partial charge in [-0.1, -0.05) is 41.7 Å². The lowest BCUT2D eigenvalue weighted by molar-refractivity contribution is -0.150. The molecule has 4 rings (SSSR count). The van der Waals surface area contributed by atoms with Crippen LogP contribution in [0.4, 0.5) is 10.9 Å². The Morgan fingerprint density at radius 3 is 2.97 bits per heavy atom. The number of rotatable bonds is 7. The molecule has 7 heteroatoms. The second-order valence-electron chi connectivity index (χ2n) is 7.40. The van der Waals surface area contributed by atoms with Gasteiger partial charge in [-0.15, -0.1) is 0 Å². The van der Waals surface area contributed by atoms with E-state index in [1.165, 1.54) is 0 Å². The molecule has 0 aliphatic carbocycles. The highest BCUT2D eigenvalue weighted by Crippen LogP contribution is 2.30. The second kappa shape index (κ2) is 9.82. The summed E-state index contributed by atoms with van der Waals surface area (Å²) >= 11 is 1.61. The van der Waals surface area contributed by atoms with Crippen molar-refractivity contribution in [1.29, 1.82) is 0 Å². The summed E-state index contributed by atoms with van der Waals surface area (Å²) in [5, 5.41) is 4.14. The van der Waals surface area contributed by atoms with Crippen molar-refractivity contribution in [2.45, 2.75) is 26.3 Å². The Morgan fingerprint density at radius 1 is 1.27 bits per heavy atom. The average molecular weight is 423 g/mol. The number of hydrogen-bond donors (Lipinski definition) is 1. The molecule has 1 atom stereocenters. The Morgan fingerprint density at radius 2 is 2.13 bits per heavy atom. The molecule has 0 amide bonds. The Hall–Kier alpha value is -2.77. The van der Waals surface area contributed by atoms with E-state index in [9.17, 15) is 4.79 Å². The number of piperidine rings is 1. The molecule has 156 valence electrons. The molecule has 0 radical (unpaired) electrons. The van der Waals surface area contributed by atoms with E-state index in [0.717, 1.165) is 59.4 Å². The third-order valence-electron chi connectivity index (χ3n) is 5.15. The molecule has 3 aromatic rings. The van der Waals surface area contributed by atoms with Crippen molar-refractivity contribution >= 4 is 28.3 Å². The van der Waals surface area contributed by atoms with Crippen LogP contribution in [0.5, 0.6) is 0 Å². The summed E-state index contributed by atoms with van der Waals surface area (Å²) in [4.78, 5) is 24.4. The zero-order valence-electron chi connectivity index (χ0n) is 17.1. The van der Waals surface area contributed by atoms with Crippen LogP contribution in [0.2, 0.25) is 0 Å². The predicted molar refractivity (Wildman–Crippen MR) is 120 cm³/mol. The van der Waals surface area contributed by atoms with Gasteiger partial charge in [-0.05, 0) is 49.6 Å². The number of likely N-dealkylation sites (tertiary alicyclic amines) is 1. The summed E-state index contributed by atoms with van der Waals surface area (Å²) in [5.41, 5.74) is 2.32. The van der Waals surface area contributed by atoms with Crippen LogP contribution in [0.1, 0.15) is 25.3 Å². The first-order valence-electron chi connectivity index (χ1n) is 10.3. The number of aromatic nitrogens is 2. The molecule has 1 unspecified atom stereocenters. The minimum absolute atomic E-state index is 0.0233. The first kappa shape index (κ1) is 20.5. The fourth-order valence-electron chi connectivity index (χ4n) is 3.73. The molecule has 1 saturated heterocycles. The molecule has 30 heavy (non-hydrogen) atoms. The van der Waals surface area contributed by atoms with Gasteiger partial charge in [0, 0.05) is 25.5 Å². The van der Waals surface area contributed by atoms with Gasteiger partial charge in [0.25, 0.3) is 0 Å². The second-order valence-corrected chi connectivity index (χ2v) is 8.43. The lowest BCUT2D eigenvalue weighted by atomic mass is 9.98.